The van der Waals surface area contributed by atoms with Crippen LogP contribution in [-0.4, -0.2) is 29.9 Å². The highest BCUT2D eigenvalue weighted by atomic mass is 16.5. The number of benzene rings is 2. The minimum absolute atomic E-state index is 0.0191. The molecule has 0 radical (unpaired) electrons. The lowest BCUT2D eigenvalue weighted by atomic mass is 9.93. The third kappa shape index (κ3) is 4.51. The minimum Gasteiger partial charge on any atom is -0.493 e. The second-order valence-corrected chi connectivity index (χ2v) is 7.43. The van der Waals surface area contributed by atoms with Crippen LogP contribution in [0.5, 0.6) is 11.5 Å². The summed E-state index contributed by atoms with van der Waals surface area (Å²) in [4.78, 5) is 26.6. The normalized spacial score (nSPS) is 15.5. The zero-order valence-electron chi connectivity index (χ0n) is 18.0. The number of hydrogen-bond donors (Lipinski definition) is 0. The number of carbonyl (C=O) groups excluding carboxylic acids is 2. The van der Waals surface area contributed by atoms with Crippen LogP contribution in [0.25, 0.3) is 6.08 Å². The van der Waals surface area contributed by atoms with E-state index in [0.29, 0.717) is 34.8 Å². The van der Waals surface area contributed by atoms with E-state index in [4.69, 9.17) is 9.47 Å². The molecule has 1 heterocycles. The summed E-state index contributed by atoms with van der Waals surface area (Å²) in [6.45, 7) is 5.50. The third-order valence-corrected chi connectivity index (χ3v) is 5.02. The van der Waals surface area contributed by atoms with Crippen molar-refractivity contribution in [3.63, 3.8) is 0 Å². The largest absolute Gasteiger partial charge is 0.493 e. The monoisotopic (exact) mass is 416 g/mol. The van der Waals surface area contributed by atoms with Gasteiger partial charge in [0.05, 0.1) is 7.11 Å². The van der Waals surface area contributed by atoms with Gasteiger partial charge < -0.3 is 9.47 Å². The summed E-state index contributed by atoms with van der Waals surface area (Å²) < 4.78 is 11.3. The molecule has 31 heavy (non-hydrogen) atoms. The van der Waals surface area contributed by atoms with E-state index in [1.165, 1.54) is 0 Å². The Morgan fingerprint density at radius 1 is 1.06 bits per heavy atom. The smallest absolute Gasteiger partial charge is 0.271 e. The third-order valence-electron chi connectivity index (χ3n) is 5.02. The van der Waals surface area contributed by atoms with Gasteiger partial charge in [0, 0.05) is 11.6 Å². The van der Waals surface area contributed by atoms with Crippen molar-refractivity contribution >= 4 is 17.9 Å². The molecule has 0 N–H and O–H groups in total. The molecule has 0 aliphatic carbocycles. The van der Waals surface area contributed by atoms with Gasteiger partial charge in [0.15, 0.2) is 11.5 Å². The van der Waals surface area contributed by atoms with Crippen molar-refractivity contribution in [2.45, 2.75) is 33.4 Å². The van der Waals surface area contributed by atoms with Gasteiger partial charge >= 0.3 is 0 Å². The predicted octanol–water partition coefficient (Wildman–Crippen LogP) is 4.27. The van der Waals surface area contributed by atoms with Gasteiger partial charge in [-0.15, -0.1) is 0 Å². The highest BCUT2D eigenvalue weighted by Gasteiger charge is 2.36. The molecule has 0 atom stereocenters. The van der Waals surface area contributed by atoms with E-state index < -0.39 is 11.8 Å². The Labute approximate surface area is 182 Å². The van der Waals surface area contributed by atoms with Crippen LogP contribution in [0.4, 0.5) is 0 Å². The average molecular weight is 416 g/mol. The van der Waals surface area contributed by atoms with Crippen LogP contribution in [0.3, 0.4) is 0 Å². The van der Waals surface area contributed by atoms with Crippen molar-refractivity contribution in [2.24, 2.45) is 0 Å². The summed E-state index contributed by atoms with van der Waals surface area (Å²) >= 11 is 0. The molecule has 1 aliphatic heterocycles. The predicted molar refractivity (Wildman–Crippen MR) is 117 cm³/mol. The first kappa shape index (κ1) is 21.8. The van der Waals surface area contributed by atoms with Crippen LogP contribution < -0.4 is 9.47 Å². The first-order chi connectivity index (χ1) is 14.9. The van der Waals surface area contributed by atoms with Gasteiger partial charge in [-0.25, -0.2) is 0 Å². The summed E-state index contributed by atoms with van der Waals surface area (Å²) in [6.07, 6.45) is 1.67. The summed E-state index contributed by atoms with van der Waals surface area (Å²) in [5.74, 6) is 0.124. The summed E-state index contributed by atoms with van der Waals surface area (Å²) in [5.41, 5.74) is 2.39. The van der Waals surface area contributed by atoms with Crippen LogP contribution in [0.15, 0.2) is 65.3 Å². The average Bonchev–Trinajstić information content (AvgIpc) is 2.76. The summed E-state index contributed by atoms with van der Waals surface area (Å²) in [7, 11) is 1.55. The van der Waals surface area contributed by atoms with Crippen molar-refractivity contribution in [2.75, 3.05) is 7.11 Å². The molecular formula is C25H24N2O4. The highest BCUT2D eigenvalue weighted by molar-refractivity contribution is 6.19. The van der Waals surface area contributed by atoms with E-state index in [0.717, 1.165) is 10.5 Å². The van der Waals surface area contributed by atoms with Crippen LogP contribution in [0.2, 0.25) is 0 Å². The molecule has 2 aromatic rings. The lowest BCUT2D eigenvalue weighted by molar-refractivity contribution is -0.142. The molecule has 6 heteroatoms. The lowest BCUT2D eigenvalue weighted by Gasteiger charge is -2.30. The molecule has 2 aromatic carbocycles. The van der Waals surface area contributed by atoms with Crippen molar-refractivity contribution in [1.82, 2.24) is 4.90 Å². The van der Waals surface area contributed by atoms with Gasteiger partial charge in [0.25, 0.3) is 11.8 Å². The fourth-order valence-corrected chi connectivity index (χ4v) is 3.36. The van der Waals surface area contributed by atoms with E-state index in [-0.39, 0.29) is 11.6 Å². The maximum atomic E-state index is 13.0. The van der Waals surface area contributed by atoms with Crippen LogP contribution in [0, 0.1) is 11.3 Å². The van der Waals surface area contributed by atoms with Crippen molar-refractivity contribution < 1.29 is 19.1 Å². The van der Waals surface area contributed by atoms with Gasteiger partial charge in [0.2, 0.25) is 0 Å². The first-order valence-corrected chi connectivity index (χ1v) is 9.93. The molecule has 0 bridgehead atoms. The molecule has 2 amide bonds. The molecule has 0 saturated heterocycles. The number of nitriles is 1. The van der Waals surface area contributed by atoms with E-state index in [1.807, 2.05) is 36.4 Å². The maximum absolute atomic E-state index is 13.0. The number of amides is 2. The van der Waals surface area contributed by atoms with Crippen LogP contribution >= 0.6 is 0 Å². The fourth-order valence-electron chi connectivity index (χ4n) is 3.36. The first-order valence-electron chi connectivity index (χ1n) is 9.93. The fraction of sp³-hybridized carbons (Fsp3) is 0.240. The van der Waals surface area contributed by atoms with Gasteiger partial charge in [-0.1, -0.05) is 36.4 Å². The number of ether oxygens (including phenoxy) is 2. The van der Waals surface area contributed by atoms with Gasteiger partial charge in [-0.2, -0.15) is 5.26 Å². The molecule has 0 fully saturated rings. The Kier molecular flexibility index (Phi) is 6.56. The second-order valence-electron chi connectivity index (χ2n) is 7.43. The Morgan fingerprint density at radius 3 is 2.39 bits per heavy atom. The summed E-state index contributed by atoms with van der Waals surface area (Å²) in [5, 5.41) is 9.44. The molecule has 0 unspecified atom stereocenters. The number of methoxy groups -OCH3 is 1. The maximum Gasteiger partial charge on any atom is 0.271 e. The number of carbonyl (C=O) groups is 2. The molecule has 3 rings (SSSR count). The molecule has 6 nitrogen and oxygen atoms in total. The van der Waals surface area contributed by atoms with E-state index in [9.17, 15) is 14.9 Å². The highest BCUT2D eigenvalue weighted by Crippen LogP contribution is 2.32. The zero-order chi connectivity index (χ0) is 22.5. The van der Waals surface area contributed by atoms with Crippen molar-refractivity contribution in [1.29, 1.82) is 5.26 Å². The number of hydrogen-bond acceptors (Lipinski definition) is 5. The van der Waals surface area contributed by atoms with Gasteiger partial charge in [-0.05, 0) is 55.7 Å². The summed E-state index contributed by atoms with van der Waals surface area (Å²) in [6, 6.07) is 16.7. The SMILES string of the molecule is COc1cc(/C=C2/C(=O)N(C(C)C)C(=O)C(C#N)=C2C)ccc1OCc1ccccc1. The Morgan fingerprint density at radius 2 is 1.77 bits per heavy atom. The lowest BCUT2D eigenvalue weighted by Crippen LogP contribution is -2.46. The number of rotatable bonds is 6. The van der Waals surface area contributed by atoms with Crippen molar-refractivity contribution in [3.8, 4) is 17.6 Å². The Bertz CT molecular complexity index is 1110. The molecule has 0 aromatic heterocycles. The van der Waals surface area contributed by atoms with Crippen molar-refractivity contribution in [3.05, 3.63) is 76.4 Å². The zero-order valence-corrected chi connectivity index (χ0v) is 18.0. The van der Waals surface area contributed by atoms with E-state index in [2.05, 4.69) is 0 Å². The van der Waals surface area contributed by atoms with Gasteiger partial charge in [-0.3, -0.25) is 14.5 Å². The number of nitrogens with zero attached hydrogens (tertiary/aromatic N) is 2. The molecular weight excluding hydrogens is 392 g/mol. The van der Waals surface area contributed by atoms with Gasteiger partial charge in [0.1, 0.15) is 18.2 Å². The van der Waals surface area contributed by atoms with E-state index >= 15 is 0 Å². The molecule has 1 aliphatic rings. The molecule has 0 spiro atoms. The number of imide groups is 1. The Hall–Kier alpha value is -3.85. The second kappa shape index (κ2) is 9.31. The standard InChI is InChI=1S/C25H24N2O4/c1-16(2)27-24(28)20(17(3)21(14-26)25(27)29)12-19-10-11-22(23(13-19)30-4)31-15-18-8-6-5-7-9-18/h5-13,16H,15H2,1-4H3/b20-12+. The minimum atomic E-state index is -0.556. The molecule has 158 valence electrons. The topological polar surface area (TPSA) is 79.6 Å². The van der Waals surface area contributed by atoms with Crippen LogP contribution in [0.1, 0.15) is 31.9 Å². The van der Waals surface area contributed by atoms with Crippen LogP contribution in [-0.2, 0) is 16.2 Å². The van der Waals surface area contributed by atoms with E-state index in [1.54, 1.807) is 52.2 Å². The Balaban J connectivity index is 1.95. The quantitative estimate of drug-likeness (QED) is 0.519. The molecule has 0 saturated carbocycles.